The Morgan fingerprint density at radius 1 is 1.10 bits per heavy atom. The number of anilines is 2. The van der Waals surface area contributed by atoms with E-state index in [1.807, 2.05) is 4.90 Å². The molecule has 0 spiro atoms. The van der Waals surface area contributed by atoms with Gasteiger partial charge in [0.05, 0.1) is 11.5 Å². The maximum absolute atomic E-state index is 9.97. The number of benzene rings is 1. The van der Waals surface area contributed by atoms with Gasteiger partial charge in [0.2, 0.25) is 5.95 Å². The van der Waals surface area contributed by atoms with E-state index in [0.29, 0.717) is 24.3 Å². The van der Waals surface area contributed by atoms with Gasteiger partial charge in [-0.1, -0.05) is 29.4 Å². The lowest BCUT2D eigenvalue weighted by atomic mass is 9.77. The van der Waals surface area contributed by atoms with Crippen molar-refractivity contribution < 1.29 is 9.63 Å². The number of nitrogens with zero attached hydrogens (tertiary/aromatic N) is 5. The lowest BCUT2D eigenvalue weighted by Gasteiger charge is -2.28. The average Bonchev–Trinajstić information content (AvgIpc) is 3.51. The van der Waals surface area contributed by atoms with Crippen molar-refractivity contribution >= 4 is 12.0 Å². The number of rotatable bonds is 5. The highest BCUT2D eigenvalue weighted by Gasteiger charge is 2.47. The minimum Gasteiger partial charge on any atom is -0.391 e. The van der Waals surface area contributed by atoms with Gasteiger partial charge < -0.3 is 20.3 Å². The molecule has 2 atom stereocenters. The molecule has 1 saturated carbocycles. The lowest BCUT2D eigenvalue weighted by molar-refractivity contribution is 0.151. The fourth-order valence-electron chi connectivity index (χ4n) is 4.39. The predicted molar refractivity (Wildman–Crippen MR) is 113 cm³/mol. The second kappa shape index (κ2) is 7.36. The number of aromatic nitrogens is 4. The summed E-state index contributed by atoms with van der Waals surface area (Å²) in [5.41, 5.74) is 8.40. The fraction of sp³-hybridized carbons (Fsp3) is 0.455. The molecule has 156 valence electrons. The Kier molecular flexibility index (Phi) is 4.66. The van der Waals surface area contributed by atoms with Crippen molar-refractivity contribution in [3.8, 4) is 11.1 Å². The van der Waals surface area contributed by atoms with Crippen LogP contribution in [0.25, 0.3) is 11.1 Å². The van der Waals surface area contributed by atoms with Crippen LogP contribution in [0.5, 0.6) is 0 Å². The number of piperidine rings is 1. The number of aliphatic hydroxyl groups is 1. The average molecular weight is 406 g/mol. The first-order chi connectivity index (χ1) is 14.5. The van der Waals surface area contributed by atoms with E-state index in [1.165, 1.54) is 0 Å². The van der Waals surface area contributed by atoms with Crippen LogP contribution in [0.4, 0.5) is 12.0 Å². The van der Waals surface area contributed by atoms with Crippen LogP contribution in [0.2, 0.25) is 0 Å². The zero-order valence-corrected chi connectivity index (χ0v) is 17.0. The Morgan fingerprint density at radius 3 is 2.50 bits per heavy atom. The van der Waals surface area contributed by atoms with Crippen LogP contribution in [0.15, 0.2) is 41.2 Å². The Morgan fingerprint density at radius 2 is 1.83 bits per heavy atom. The molecule has 8 heteroatoms. The van der Waals surface area contributed by atoms with Gasteiger partial charge in [0.25, 0.3) is 0 Å². The number of nitrogen functional groups attached to an aromatic ring is 1. The molecule has 0 amide bonds. The van der Waals surface area contributed by atoms with Gasteiger partial charge in [0, 0.05) is 31.0 Å². The molecule has 3 N–H and O–H groups in total. The van der Waals surface area contributed by atoms with E-state index in [0.717, 1.165) is 48.9 Å². The zero-order chi connectivity index (χ0) is 20.7. The van der Waals surface area contributed by atoms with Gasteiger partial charge in [0.15, 0.2) is 5.82 Å². The molecule has 1 aliphatic carbocycles. The molecular weight excluding hydrogens is 380 g/mol. The zero-order valence-electron chi connectivity index (χ0n) is 17.0. The van der Waals surface area contributed by atoms with Crippen LogP contribution in [0.1, 0.15) is 44.0 Å². The summed E-state index contributed by atoms with van der Waals surface area (Å²) in [6.45, 7) is 3.57. The first-order valence-corrected chi connectivity index (χ1v) is 10.5. The third-order valence-corrected chi connectivity index (χ3v) is 6.43. The van der Waals surface area contributed by atoms with E-state index in [-0.39, 0.29) is 17.5 Å². The number of nitrogens with two attached hydrogens (primary N) is 1. The topological polar surface area (TPSA) is 114 Å². The van der Waals surface area contributed by atoms with Crippen LogP contribution in [0.3, 0.4) is 0 Å². The molecule has 2 aromatic heterocycles. The van der Waals surface area contributed by atoms with Gasteiger partial charge in [-0.2, -0.15) is 4.98 Å². The lowest BCUT2D eigenvalue weighted by Crippen LogP contribution is -2.38. The Bertz CT molecular complexity index is 1010. The summed E-state index contributed by atoms with van der Waals surface area (Å²) in [7, 11) is 0. The SMILES string of the molecule is CC(c1ccc(-c2cnc(N)nc2)cc1)(c1noc(N2CCC[C@@H](O)C2)n1)C1CC1. The second-order valence-corrected chi connectivity index (χ2v) is 8.53. The van der Waals surface area contributed by atoms with Crippen LogP contribution < -0.4 is 10.6 Å². The Labute approximate surface area is 175 Å². The van der Waals surface area contributed by atoms with Gasteiger partial charge in [-0.05, 0) is 49.7 Å². The molecule has 0 bridgehead atoms. The molecule has 3 heterocycles. The van der Waals surface area contributed by atoms with E-state index in [9.17, 15) is 5.11 Å². The van der Waals surface area contributed by atoms with Crippen molar-refractivity contribution in [1.29, 1.82) is 0 Å². The second-order valence-electron chi connectivity index (χ2n) is 8.53. The van der Waals surface area contributed by atoms with Crippen molar-refractivity contribution in [2.24, 2.45) is 5.92 Å². The van der Waals surface area contributed by atoms with E-state index in [2.05, 4.69) is 46.3 Å². The molecule has 1 aliphatic heterocycles. The number of hydrogen-bond acceptors (Lipinski definition) is 8. The molecule has 30 heavy (non-hydrogen) atoms. The monoisotopic (exact) mass is 406 g/mol. The Hall–Kier alpha value is -3.00. The Balaban J connectivity index is 1.44. The van der Waals surface area contributed by atoms with E-state index in [1.54, 1.807) is 12.4 Å². The van der Waals surface area contributed by atoms with Gasteiger partial charge in [0.1, 0.15) is 0 Å². The minimum absolute atomic E-state index is 0.269. The van der Waals surface area contributed by atoms with Crippen LogP contribution in [-0.2, 0) is 5.41 Å². The van der Waals surface area contributed by atoms with E-state index in [4.69, 9.17) is 15.2 Å². The molecular formula is C22H26N6O2. The molecule has 2 fully saturated rings. The smallest absolute Gasteiger partial charge is 0.324 e. The third-order valence-electron chi connectivity index (χ3n) is 6.43. The van der Waals surface area contributed by atoms with Gasteiger partial charge in [-0.25, -0.2) is 9.97 Å². The molecule has 1 saturated heterocycles. The molecule has 2 aliphatic rings. The highest BCUT2D eigenvalue weighted by molar-refractivity contribution is 5.62. The van der Waals surface area contributed by atoms with Crippen LogP contribution >= 0.6 is 0 Å². The standard InChI is InChI=1S/C22H26N6O2/c1-22(17-8-9-17,19-26-21(30-27-19)28-10-2-3-18(29)13-28)16-6-4-14(5-7-16)15-11-24-20(23)25-12-15/h4-7,11-12,17-18,29H,2-3,8-10,13H2,1H3,(H2,23,24,25)/t18-,22?/m1/s1. The molecule has 0 radical (unpaired) electrons. The van der Waals surface area contributed by atoms with Crippen molar-refractivity contribution in [3.63, 3.8) is 0 Å². The summed E-state index contributed by atoms with van der Waals surface area (Å²) in [6.07, 6.45) is 7.17. The summed E-state index contributed by atoms with van der Waals surface area (Å²) >= 11 is 0. The van der Waals surface area contributed by atoms with E-state index < -0.39 is 0 Å². The van der Waals surface area contributed by atoms with Gasteiger partial charge in [-0.3, -0.25) is 0 Å². The van der Waals surface area contributed by atoms with Crippen molar-refractivity contribution in [2.75, 3.05) is 23.7 Å². The molecule has 3 aromatic rings. The number of aliphatic hydroxyl groups excluding tert-OH is 1. The minimum atomic E-state index is -0.339. The normalized spacial score (nSPS) is 21.4. The molecule has 1 aromatic carbocycles. The predicted octanol–water partition coefficient (Wildman–Crippen LogP) is 2.79. The number of hydrogen-bond donors (Lipinski definition) is 2. The fourth-order valence-corrected chi connectivity index (χ4v) is 4.39. The van der Waals surface area contributed by atoms with Crippen LogP contribution in [-0.4, -0.2) is 44.4 Å². The highest BCUT2D eigenvalue weighted by Crippen LogP contribution is 2.50. The molecule has 5 rings (SSSR count). The third kappa shape index (κ3) is 3.41. The van der Waals surface area contributed by atoms with Gasteiger partial charge in [-0.15, -0.1) is 0 Å². The van der Waals surface area contributed by atoms with Crippen LogP contribution in [0, 0.1) is 5.92 Å². The summed E-state index contributed by atoms with van der Waals surface area (Å²) in [6, 6.07) is 8.92. The van der Waals surface area contributed by atoms with Crippen molar-refractivity contribution in [3.05, 3.63) is 48.0 Å². The summed E-state index contributed by atoms with van der Waals surface area (Å²) in [4.78, 5) is 14.9. The van der Waals surface area contributed by atoms with E-state index >= 15 is 0 Å². The number of β-amino-alcohol motifs (C(OH)–C–C–N with tert-alkyl or cyclic N) is 1. The first kappa shape index (κ1) is 19.0. The summed E-state index contributed by atoms with van der Waals surface area (Å²) in [5.74, 6) is 1.47. The highest BCUT2D eigenvalue weighted by atomic mass is 16.5. The van der Waals surface area contributed by atoms with Crippen molar-refractivity contribution in [1.82, 2.24) is 20.1 Å². The van der Waals surface area contributed by atoms with Gasteiger partial charge >= 0.3 is 6.01 Å². The largest absolute Gasteiger partial charge is 0.391 e. The summed E-state index contributed by atoms with van der Waals surface area (Å²) < 4.78 is 5.63. The molecule has 1 unspecified atom stereocenters. The molecule has 8 nitrogen and oxygen atoms in total. The summed E-state index contributed by atoms with van der Waals surface area (Å²) in [5, 5.41) is 14.3. The first-order valence-electron chi connectivity index (χ1n) is 10.5. The van der Waals surface area contributed by atoms with Crippen molar-refractivity contribution in [2.45, 2.75) is 44.1 Å². The maximum atomic E-state index is 9.97. The quantitative estimate of drug-likeness (QED) is 0.665. The maximum Gasteiger partial charge on any atom is 0.324 e.